The van der Waals surface area contributed by atoms with E-state index < -0.39 is 0 Å². The van der Waals surface area contributed by atoms with Gasteiger partial charge in [-0.15, -0.1) is 11.3 Å². The molecule has 0 aliphatic heterocycles. The van der Waals surface area contributed by atoms with Crippen molar-refractivity contribution in [1.29, 1.82) is 0 Å². The molecule has 1 aromatic heterocycles. The molecule has 0 fully saturated rings. The van der Waals surface area contributed by atoms with Gasteiger partial charge in [-0.05, 0) is 32.0 Å². The molecule has 4 nitrogen and oxygen atoms in total. The molecule has 1 atom stereocenters. The first-order valence-corrected chi connectivity index (χ1v) is 6.58. The van der Waals surface area contributed by atoms with Crippen molar-refractivity contribution in [3.05, 3.63) is 23.2 Å². The number of carbonyl (C=O) groups excluding carboxylic acids is 1. The predicted octanol–water partition coefficient (Wildman–Crippen LogP) is 2.97. The Morgan fingerprint density at radius 1 is 1.50 bits per heavy atom. The Hall–Kier alpha value is -1.62. The molecule has 2 rings (SSSR count). The lowest BCUT2D eigenvalue weighted by molar-refractivity contribution is -0.144. The van der Waals surface area contributed by atoms with Crippen LogP contribution in [-0.4, -0.2) is 24.7 Å². The summed E-state index contributed by atoms with van der Waals surface area (Å²) in [6.45, 7) is 4.00. The molecule has 18 heavy (non-hydrogen) atoms. The first-order valence-electron chi connectivity index (χ1n) is 5.76. The summed E-state index contributed by atoms with van der Waals surface area (Å²) >= 11 is 1.50. The van der Waals surface area contributed by atoms with E-state index in [4.69, 9.17) is 9.47 Å². The van der Waals surface area contributed by atoms with E-state index in [0.29, 0.717) is 6.61 Å². The first kappa shape index (κ1) is 12.8. The molecular weight excluding hydrogens is 250 g/mol. The Labute approximate surface area is 110 Å². The number of benzene rings is 1. The number of fused-ring (bicyclic) bond motifs is 1. The maximum absolute atomic E-state index is 11.7. The van der Waals surface area contributed by atoms with Crippen LogP contribution < -0.4 is 4.74 Å². The maximum atomic E-state index is 11.7. The number of rotatable bonds is 4. The minimum atomic E-state index is -0.326. The van der Waals surface area contributed by atoms with Gasteiger partial charge < -0.3 is 9.47 Å². The Balaban J connectivity index is 2.32. The normalized spacial score (nSPS) is 12.4. The molecule has 0 aliphatic rings. The molecular formula is C13H15NO3S. The van der Waals surface area contributed by atoms with Crippen LogP contribution in [0.15, 0.2) is 18.2 Å². The van der Waals surface area contributed by atoms with Crippen LogP contribution >= 0.6 is 11.3 Å². The van der Waals surface area contributed by atoms with Crippen LogP contribution in [-0.2, 0) is 9.53 Å². The second-order valence-electron chi connectivity index (χ2n) is 3.86. The minimum Gasteiger partial charge on any atom is -0.497 e. The average Bonchev–Trinajstić information content (AvgIpc) is 2.80. The van der Waals surface area contributed by atoms with Crippen molar-refractivity contribution in [3.8, 4) is 5.75 Å². The summed E-state index contributed by atoms with van der Waals surface area (Å²) in [5, 5.41) is 0.775. The van der Waals surface area contributed by atoms with Crippen LogP contribution in [0.1, 0.15) is 24.8 Å². The van der Waals surface area contributed by atoms with Crippen LogP contribution in [0.3, 0.4) is 0 Å². The Morgan fingerprint density at radius 3 is 2.94 bits per heavy atom. The Morgan fingerprint density at radius 2 is 2.28 bits per heavy atom. The molecule has 0 radical (unpaired) electrons. The number of thiazole rings is 1. The molecule has 0 saturated heterocycles. The predicted molar refractivity (Wildman–Crippen MR) is 71.2 cm³/mol. The lowest BCUT2D eigenvalue weighted by Gasteiger charge is -2.06. The van der Waals surface area contributed by atoms with Gasteiger partial charge in [-0.2, -0.15) is 0 Å². The van der Waals surface area contributed by atoms with E-state index in [0.717, 1.165) is 21.0 Å². The third-order valence-electron chi connectivity index (χ3n) is 2.62. The highest BCUT2D eigenvalue weighted by molar-refractivity contribution is 7.18. The van der Waals surface area contributed by atoms with Gasteiger partial charge in [0.05, 0.1) is 23.9 Å². The average molecular weight is 265 g/mol. The molecule has 0 amide bonds. The summed E-state index contributed by atoms with van der Waals surface area (Å²) in [6, 6.07) is 5.68. The van der Waals surface area contributed by atoms with Gasteiger partial charge in [-0.1, -0.05) is 0 Å². The summed E-state index contributed by atoms with van der Waals surface area (Å²) < 4.78 is 11.2. The zero-order valence-electron chi connectivity index (χ0n) is 10.6. The number of nitrogens with zero attached hydrogens (tertiary/aromatic N) is 1. The quantitative estimate of drug-likeness (QED) is 0.797. The summed E-state index contributed by atoms with van der Waals surface area (Å²) in [5.41, 5.74) is 0.881. The molecule has 0 bridgehead atoms. The topological polar surface area (TPSA) is 48.4 Å². The van der Waals surface area contributed by atoms with Crippen molar-refractivity contribution in [1.82, 2.24) is 4.98 Å². The molecule has 0 N–H and O–H groups in total. The van der Waals surface area contributed by atoms with E-state index in [1.165, 1.54) is 11.3 Å². The van der Waals surface area contributed by atoms with Crippen molar-refractivity contribution >= 4 is 27.5 Å². The SMILES string of the molecule is CCOC(=O)C(C)c1nc2ccc(OC)cc2s1. The van der Waals surface area contributed by atoms with E-state index in [2.05, 4.69) is 4.98 Å². The fourth-order valence-electron chi connectivity index (χ4n) is 1.60. The van der Waals surface area contributed by atoms with Crippen molar-refractivity contribution in [2.24, 2.45) is 0 Å². The third kappa shape index (κ3) is 2.46. The molecule has 1 heterocycles. The van der Waals surface area contributed by atoms with Gasteiger partial charge in [-0.25, -0.2) is 4.98 Å². The molecule has 0 saturated carbocycles. The van der Waals surface area contributed by atoms with Gasteiger partial charge in [0.2, 0.25) is 0 Å². The van der Waals surface area contributed by atoms with Gasteiger partial charge in [0.15, 0.2) is 0 Å². The second-order valence-corrected chi connectivity index (χ2v) is 4.92. The number of hydrogen-bond donors (Lipinski definition) is 0. The van der Waals surface area contributed by atoms with Crippen molar-refractivity contribution in [2.45, 2.75) is 19.8 Å². The zero-order chi connectivity index (χ0) is 13.1. The van der Waals surface area contributed by atoms with E-state index in [9.17, 15) is 4.79 Å². The highest BCUT2D eigenvalue weighted by atomic mass is 32.1. The first-order chi connectivity index (χ1) is 8.65. The van der Waals surface area contributed by atoms with Crippen molar-refractivity contribution in [3.63, 3.8) is 0 Å². The van der Waals surface area contributed by atoms with Gasteiger partial charge >= 0.3 is 5.97 Å². The van der Waals surface area contributed by atoms with E-state index in [-0.39, 0.29) is 11.9 Å². The molecule has 2 aromatic rings. The number of carbonyl (C=O) groups is 1. The van der Waals surface area contributed by atoms with Crippen LogP contribution in [0.25, 0.3) is 10.2 Å². The summed E-state index contributed by atoms with van der Waals surface area (Å²) in [4.78, 5) is 16.1. The Bertz CT molecular complexity index is 564. The van der Waals surface area contributed by atoms with Crippen molar-refractivity contribution in [2.75, 3.05) is 13.7 Å². The fraction of sp³-hybridized carbons (Fsp3) is 0.385. The number of esters is 1. The third-order valence-corrected chi connectivity index (χ3v) is 3.82. The minimum absolute atomic E-state index is 0.233. The smallest absolute Gasteiger partial charge is 0.315 e. The Kier molecular flexibility index (Phi) is 3.81. The fourth-order valence-corrected chi connectivity index (χ4v) is 2.64. The van der Waals surface area contributed by atoms with Gasteiger partial charge in [-0.3, -0.25) is 4.79 Å². The van der Waals surface area contributed by atoms with E-state index in [1.54, 1.807) is 14.0 Å². The molecule has 1 unspecified atom stereocenters. The van der Waals surface area contributed by atoms with E-state index >= 15 is 0 Å². The van der Waals surface area contributed by atoms with Gasteiger partial charge in [0.25, 0.3) is 0 Å². The largest absolute Gasteiger partial charge is 0.497 e. The van der Waals surface area contributed by atoms with Crippen LogP contribution in [0.4, 0.5) is 0 Å². The molecule has 96 valence electrons. The maximum Gasteiger partial charge on any atom is 0.315 e. The lowest BCUT2D eigenvalue weighted by atomic mass is 10.2. The number of methoxy groups -OCH3 is 1. The van der Waals surface area contributed by atoms with Gasteiger partial charge in [0, 0.05) is 0 Å². The van der Waals surface area contributed by atoms with Crippen LogP contribution in [0.5, 0.6) is 5.75 Å². The molecule has 0 spiro atoms. The molecule has 1 aromatic carbocycles. The highest BCUT2D eigenvalue weighted by Gasteiger charge is 2.20. The van der Waals surface area contributed by atoms with Gasteiger partial charge in [0.1, 0.15) is 16.7 Å². The number of aromatic nitrogens is 1. The lowest BCUT2D eigenvalue weighted by Crippen LogP contribution is -2.12. The molecule has 0 aliphatic carbocycles. The van der Waals surface area contributed by atoms with Crippen LogP contribution in [0, 0.1) is 0 Å². The van der Waals surface area contributed by atoms with Crippen molar-refractivity contribution < 1.29 is 14.3 Å². The summed E-state index contributed by atoms with van der Waals surface area (Å²) in [5.74, 6) is 0.235. The second kappa shape index (κ2) is 5.35. The summed E-state index contributed by atoms with van der Waals surface area (Å²) in [6.07, 6.45) is 0. The van der Waals surface area contributed by atoms with E-state index in [1.807, 2.05) is 25.1 Å². The number of ether oxygens (including phenoxy) is 2. The van der Waals surface area contributed by atoms with Crippen LogP contribution in [0.2, 0.25) is 0 Å². The standard InChI is InChI=1S/C13H15NO3S/c1-4-17-13(15)8(2)12-14-10-6-5-9(16-3)7-11(10)18-12/h5-8H,4H2,1-3H3. The zero-order valence-corrected chi connectivity index (χ0v) is 11.4. The highest BCUT2D eigenvalue weighted by Crippen LogP contribution is 2.30. The molecule has 5 heteroatoms. The monoisotopic (exact) mass is 265 g/mol. The number of hydrogen-bond acceptors (Lipinski definition) is 5. The summed E-state index contributed by atoms with van der Waals surface area (Å²) in [7, 11) is 1.63.